The number of anilines is 1. The summed E-state index contributed by atoms with van der Waals surface area (Å²) < 4.78 is 10.3. The van der Waals surface area contributed by atoms with E-state index in [1.807, 2.05) is 39.0 Å². The molecule has 1 atom stereocenters. The van der Waals surface area contributed by atoms with Crippen LogP contribution in [0.2, 0.25) is 0 Å². The summed E-state index contributed by atoms with van der Waals surface area (Å²) in [6.45, 7) is 7.89. The third kappa shape index (κ3) is 3.72. The van der Waals surface area contributed by atoms with Crippen molar-refractivity contribution >= 4 is 17.7 Å². The van der Waals surface area contributed by atoms with Crippen LogP contribution in [0.3, 0.4) is 0 Å². The Morgan fingerprint density at radius 2 is 1.96 bits per heavy atom. The van der Waals surface area contributed by atoms with Crippen LogP contribution in [0.4, 0.5) is 10.5 Å². The molecule has 2 heterocycles. The largest absolute Gasteiger partial charge is 0.465 e. The summed E-state index contributed by atoms with van der Waals surface area (Å²) in [5.41, 5.74) is 2.41. The molecule has 6 nitrogen and oxygen atoms in total. The number of carbonyl (C=O) groups excluding carboxylic acids is 2. The third-order valence-electron chi connectivity index (χ3n) is 4.69. The minimum Gasteiger partial charge on any atom is -0.465 e. The first-order chi connectivity index (χ1) is 11.8. The smallest absolute Gasteiger partial charge is 0.410 e. The van der Waals surface area contributed by atoms with Gasteiger partial charge in [-0.05, 0) is 51.3 Å². The van der Waals surface area contributed by atoms with Crippen molar-refractivity contribution in [1.82, 2.24) is 4.90 Å². The predicted octanol–water partition coefficient (Wildman–Crippen LogP) is 2.85. The maximum atomic E-state index is 12.3. The van der Waals surface area contributed by atoms with Gasteiger partial charge in [0.15, 0.2) is 0 Å². The van der Waals surface area contributed by atoms with Crippen LogP contribution in [0.1, 0.15) is 43.1 Å². The Bertz CT molecular complexity index is 680. The summed E-state index contributed by atoms with van der Waals surface area (Å²) >= 11 is 0. The number of rotatable bonds is 2. The highest BCUT2D eigenvalue weighted by Crippen LogP contribution is 2.33. The Balaban J connectivity index is 1.71. The molecule has 0 spiro atoms. The van der Waals surface area contributed by atoms with E-state index in [0.717, 1.165) is 25.1 Å². The first kappa shape index (κ1) is 17.6. The summed E-state index contributed by atoms with van der Waals surface area (Å²) in [7, 11) is 1.39. The van der Waals surface area contributed by atoms with Crippen molar-refractivity contribution < 1.29 is 19.1 Å². The highest BCUT2D eigenvalue weighted by molar-refractivity contribution is 5.91. The first-order valence-electron chi connectivity index (χ1n) is 8.74. The van der Waals surface area contributed by atoms with Gasteiger partial charge in [-0.15, -0.1) is 0 Å². The second-order valence-electron chi connectivity index (χ2n) is 7.65. The number of ether oxygens (including phenoxy) is 2. The van der Waals surface area contributed by atoms with E-state index in [9.17, 15) is 9.59 Å². The van der Waals surface area contributed by atoms with E-state index in [1.165, 1.54) is 12.7 Å². The summed E-state index contributed by atoms with van der Waals surface area (Å²) in [4.78, 5) is 28.2. The highest BCUT2D eigenvalue weighted by Gasteiger charge is 2.35. The predicted molar refractivity (Wildman–Crippen MR) is 95.0 cm³/mol. The lowest BCUT2D eigenvalue weighted by Gasteiger charge is -2.28. The topological polar surface area (TPSA) is 59.1 Å². The number of likely N-dealkylation sites (tertiary alicyclic amines) is 1. The summed E-state index contributed by atoms with van der Waals surface area (Å²) in [5, 5.41) is 0. The molecule has 0 radical (unpaired) electrons. The fraction of sp³-hybridized carbons (Fsp3) is 0.579. The molecule has 136 valence electrons. The number of nitrogens with zero attached hydrogens (tertiary/aromatic N) is 2. The molecule has 25 heavy (non-hydrogen) atoms. The first-order valence-corrected chi connectivity index (χ1v) is 8.74. The SMILES string of the molecule is COC(=O)c1ccc2c(c1)N(C1CCN(C(=O)OC(C)(C)C)C1)CC2. The van der Waals surface area contributed by atoms with E-state index in [0.29, 0.717) is 18.7 Å². The zero-order valence-corrected chi connectivity index (χ0v) is 15.4. The maximum Gasteiger partial charge on any atom is 0.410 e. The lowest BCUT2D eigenvalue weighted by Crippen LogP contribution is -2.40. The van der Waals surface area contributed by atoms with Crippen molar-refractivity contribution in [2.45, 2.75) is 45.3 Å². The Hall–Kier alpha value is -2.24. The van der Waals surface area contributed by atoms with Gasteiger partial charge < -0.3 is 19.3 Å². The minimum atomic E-state index is -0.481. The Morgan fingerprint density at radius 3 is 2.64 bits per heavy atom. The molecule has 2 aliphatic rings. The Labute approximate surface area is 148 Å². The van der Waals surface area contributed by atoms with E-state index >= 15 is 0 Å². The molecule has 6 heteroatoms. The summed E-state index contributed by atoms with van der Waals surface area (Å²) in [6, 6.07) is 5.98. The molecule has 1 aromatic carbocycles. The van der Waals surface area contributed by atoms with E-state index in [-0.39, 0.29) is 18.1 Å². The van der Waals surface area contributed by atoms with Gasteiger partial charge in [0.05, 0.1) is 12.7 Å². The van der Waals surface area contributed by atoms with Crippen molar-refractivity contribution in [1.29, 1.82) is 0 Å². The van der Waals surface area contributed by atoms with Crippen LogP contribution >= 0.6 is 0 Å². The fourth-order valence-corrected chi connectivity index (χ4v) is 3.52. The molecule has 0 aliphatic carbocycles. The van der Waals surface area contributed by atoms with Gasteiger partial charge in [-0.25, -0.2) is 9.59 Å². The number of hydrogen-bond donors (Lipinski definition) is 0. The number of fused-ring (bicyclic) bond motifs is 1. The second-order valence-corrected chi connectivity index (χ2v) is 7.65. The second kappa shape index (κ2) is 6.58. The normalized spacial score (nSPS) is 19.8. The molecule has 0 bridgehead atoms. The molecule has 0 saturated carbocycles. The van der Waals surface area contributed by atoms with Crippen molar-refractivity contribution in [2.75, 3.05) is 31.6 Å². The molecular formula is C19H26N2O4. The minimum absolute atomic E-state index is 0.252. The average Bonchev–Trinajstić information content (AvgIpc) is 3.18. The van der Waals surface area contributed by atoms with Crippen LogP contribution in [-0.4, -0.2) is 55.3 Å². The van der Waals surface area contributed by atoms with Gasteiger partial charge in [0.25, 0.3) is 0 Å². The molecule has 1 saturated heterocycles. The Kier molecular flexibility index (Phi) is 4.62. The number of benzene rings is 1. The number of hydrogen-bond acceptors (Lipinski definition) is 5. The molecule has 1 unspecified atom stereocenters. The lowest BCUT2D eigenvalue weighted by molar-refractivity contribution is 0.0292. The van der Waals surface area contributed by atoms with Gasteiger partial charge in [-0.2, -0.15) is 0 Å². The van der Waals surface area contributed by atoms with Crippen molar-refractivity contribution in [3.8, 4) is 0 Å². The van der Waals surface area contributed by atoms with Crippen LogP contribution in [0.25, 0.3) is 0 Å². The van der Waals surface area contributed by atoms with E-state index < -0.39 is 5.60 Å². The monoisotopic (exact) mass is 346 g/mol. The van der Waals surface area contributed by atoms with Gasteiger partial charge >= 0.3 is 12.1 Å². The molecule has 1 fully saturated rings. The Morgan fingerprint density at radius 1 is 1.20 bits per heavy atom. The average molecular weight is 346 g/mol. The van der Waals surface area contributed by atoms with Crippen LogP contribution in [0, 0.1) is 0 Å². The molecule has 1 aromatic rings. The van der Waals surface area contributed by atoms with Crippen LogP contribution in [-0.2, 0) is 15.9 Å². The van der Waals surface area contributed by atoms with Crippen LogP contribution in [0.5, 0.6) is 0 Å². The number of esters is 1. The zero-order valence-electron chi connectivity index (χ0n) is 15.4. The molecule has 0 aromatic heterocycles. The lowest BCUT2D eigenvalue weighted by atomic mass is 10.1. The maximum absolute atomic E-state index is 12.3. The molecular weight excluding hydrogens is 320 g/mol. The molecule has 1 amide bonds. The van der Waals surface area contributed by atoms with Crippen molar-refractivity contribution in [3.05, 3.63) is 29.3 Å². The van der Waals surface area contributed by atoms with Gasteiger partial charge in [0, 0.05) is 31.4 Å². The van der Waals surface area contributed by atoms with E-state index in [1.54, 1.807) is 4.90 Å². The van der Waals surface area contributed by atoms with Gasteiger partial charge in [-0.1, -0.05) is 6.07 Å². The molecule has 2 aliphatic heterocycles. The quantitative estimate of drug-likeness (QED) is 0.771. The zero-order chi connectivity index (χ0) is 18.2. The standard InChI is InChI=1S/C19H26N2O4/c1-19(2,3)25-18(23)20-9-8-15(12-20)21-10-7-13-5-6-14(11-16(13)21)17(22)24-4/h5-6,11,15H,7-10,12H2,1-4H3. The van der Waals surface area contributed by atoms with Crippen molar-refractivity contribution in [2.24, 2.45) is 0 Å². The van der Waals surface area contributed by atoms with Gasteiger partial charge in [0.2, 0.25) is 0 Å². The van der Waals surface area contributed by atoms with E-state index in [2.05, 4.69) is 4.90 Å². The van der Waals surface area contributed by atoms with Gasteiger partial charge in [0.1, 0.15) is 5.60 Å². The summed E-state index contributed by atoms with van der Waals surface area (Å²) in [5.74, 6) is -0.323. The number of amides is 1. The van der Waals surface area contributed by atoms with Crippen LogP contribution < -0.4 is 4.90 Å². The molecule has 3 rings (SSSR count). The number of methoxy groups -OCH3 is 1. The van der Waals surface area contributed by atoms with Crippen molar-refractivity contribution in [3.63, 3.8) is 0 Å². The number of carbonyl (C=O) groups is 2. The van der Waals surface area contributed by atoms with E-state index in [4.69, 9.17) is 9.47 Å². The van der Waals surface area contributed by atoms with Crippen LogP contribution in [0.15, 0.2) is 18.2 Å². The highest BCUT2D eigenvalue weighted by atomic mass is 16.6. The summed E-state index contributed by atoms with van der Waals surface area (Å²) in [6.07, 6.45) is 1.61. The fourth-order valence-electron chi connectivity index (χ4n) is 3.52. The third-order valence-corrected chi connectivity index (χ3v) is 4.69. The van der Waals surface area contributed by atoms with Gasteiger partial charge in [-0.3, -0.25) is 0 Å². The molecule has 0 N–H and O–H groups in total.